The highest BCUT2D eigenvalue weighted by Gasteiger charge is 2.46. The van der Waals surface area contributed by atoms with Gasteiger partial charge >= 0.3 is 0 Å². The maximum atomic E-state index is 5.58. The van der Waals surface area contributed by atoms with Crippen LogP contribution in [-0.2, 0) is 0 Å². The molecule has 7 aliphatic carbocycles. The summed E-state index contributed by atoms with van der Waals surface area (Å²) in [5.74, 6) is 3.03. The Morgan fingerprint density at radius 3 is 1.85 bits per heavy atom. The Morgan fingerprint density at radius 1 is 0.441 bits per heavy atom. The van der Waals surface area contributed by atoms with Crippen molar-refractivity contribution in [1.82, 2.24) is 18.9 Å². The molecule has 0 N–H and O–H groups in total. The third-order valence-electron chi connectivity index (χ3n) is 16.2. The lowest BCUT2D eigenvalue weighted by Crippen LogP contribution is -2.28. The summed E-state index contributed by atoms with van der Waals surface area (Å²) in [5.41, 5.74) is 18.9. The van der Waals surface area contributed by atoms with Gasteiger partial charge in [0.15, 0.2) is 0 Å². The lowest BCUT2D eigenvalue weighted by atomic mass is 9.62. The second-order valence-corrected chi connectivity index (χ2v) is 18.8. The molecule has 4 nitrogen and oxygen atoms in total. The molecule has 2 saturated carbocycles. The summed E-state index contributed by atoms with van der Waals surface area (Å²) >= 11 is 0. The minimum absolute atomic E-state index is 0.109. The maximum Gasteiger partial charge on any atom is 0.0729 e. The highest BCUT2D eigenvalue weighted by atomic mass is 15.0. The van der Waals surface area contributed by atoms with Crippen LogP contribution in [-0.4, -0.2) is 18.9 Å². The van der Waals surface area contributed by atoms with E-state index in [1.165, 1.54) is 148 Å². The summed E-state index contributed by atoms with van der Waals surface area (Å²) in [7, 11) is 0. The van der Waals surface area contributed by atoms with Gasteiger partial charge in [0.2, 0.25) is 0 Å². The fraction of sp³-hybridized carbons (Fsp3) is 0.200. The summed E-state index contributed by atoms with van der Waals surface area (Å²) in [4.78, 5) is 11.1. The molecule has 5 aromatic heterocycles. The van der Waals surface area contributed by atoms with Gasteiger partial charge in [0, 0.05) is 55.2 Å². The van der Waals surface area contributed by atoms with E-state index in [4.69, 9.17) is 9.97 Å². The van der Waals surface area contributed by atoms with Gasteiger partial charge in [-0.25, -0.2) is 0 Å². The van der Waals surface area contributed by atoms with Gasteiger partial charge < -0.3 is 8.97 Å². The van der Waals surface area contributed by atoms with Crippen LogP contribution in [0.25, 0.3) is 76.4 Å². The molecule has 6 bridgehead atoms. The van der Waals surface area contributed by atoms with Crippen molar-refractivity contribution in [3.63, 3.8) is 0 Å². The van der Waals surface area contributed by atoms with Crippen molar-refractivity contribution in [2.24, 2.45) is 11.8 Å². The Morgan fingerprint density at radius 2 is 1.07 bits per heavy atom. The quantitative estimate of drug-likeness (QED) is 0.167. The van der Waals surface area contributed by atoms with Crippen LogP contribution in [0.2, 0.25) is 0 Å². The van der Waals surface area contributed by atoms with E-state index < -0.39 is 0 Å². The van der Waals surface area contributed by atoms with Crippen LogP contribution in [0.3, 0.4) is 0 Å². The number of fused-ring (bicyclic) bond motifs is 11. The summed E-state index contributed by atoms with van der Waals surface area (Å²) in [6.07, 6.45) is 11.2. The summed E-state index contributed by atoms with van der Waals surface area (Å²) in [6, 6.07) is 45.9. The molecule has 4 heteroatoms. The molecule has 59 heavy (non-hydrogen) atoms. The zero-order valence-corrected chi connectivity index (χ0v) is 32.5. The second-order valence-electron chi connectivity index (χ2n) is 18.8. The average molecular weight is 755 g/mol. The van der Waals surface area contributed by atoms with Gasteiger partial charge in [0.25, 0.3) is 0 Å². The van der Waals surface area contributed by atoms with Crippen molar-refractivity contribution in [2.75, 3.05) is 0 Å². The Labute approximate surface area is 340 Å². The normalized spacial score (nSPS) is 23.6. The van der Waals surface area contributed by atoms with Crippen molar-refractivity contribution in [3.8, 4) is 5.69 Å². The largest absolute Gasteiger partial charge is 0.309 e. The number of nitrogens with zero attached hydrogens (tertiary/aromatic N) is 4. The molecule has 7 aliphatic rings. The van der Waals surface area contributed by atoms with Crippen molar-refractivity contribution >= 4 is 70.7 Å². The van der Waals surface area contributed by atoms with Crippen LogP contribution >= 0.6 is 0 Å². The van der Waals surface area contributed by atoms with Gasteiger partial charge in [-0.3, -0.25) is 9.97 Å². The van der Waals surface area contributed by atoms with Gasteiger partial charge in [-0.1, -0.05) is 103 Å². The number of benzene rings is 6. The van der Waals surface area contributed by atoms with Crippen molar-refractivity contribution in [2.45, 2.75) is 55.8 Å². The molecule has 6 aromatic carbocycles. The molecule has 0 spiro atoms. The standard InChI is InChI=1S/C55H38N4/c1-2-12-33-30(10-1)11-9-19-40(33)58-41-18-8-7-17-38(41)48-42(58)25-39-49-43(26-56-53-32-23-28-20-29(24-32)22-31(21-28)45(49)53)59-44-27-57-54-47-36-15-5-3-13-34(36)46(35-14-4-6-16-37(35)47)51(54)50(44)52(48)55(39)59/h1-19,25-29,31-32,46-47H,20-24H2. The first-order valence-electron chi connectivity index (χ1n) is 21.9. The molecule has 0 aliphatic heterocycles. The van der Waals surface area contributed by atoms with Gasteiger partial charge in [0.05, 0.1) is 57.3 Å². The Kier molecular flexibility index (Phi) is 5.37. The van der Waals surface area contributed by atoms with Crippen molar-refractivity contribution in [1.29, 1.82) is 0 Å². The topological polar surface area (TPSA) is 35.1 Å². The van der Waals surface area contributed by atoms with Gasteiger partial charge in [-0.05, 0) is 107 Å². The molecule has 2 atom stereocenters. The first-order chi connectivity index (χ1) is 29.3. The highest BCUT2D eigenvalue weighted by molar-refractivity contribution is 6.36. The molecule has 2 unspecified atom stereocenters. The summed E-state index contributed by atoms with van der Waals surface area (Å²) in [6.45, 7) is 0. The molecular weight excluding hydrogens is 717 g/mol. The lowest BCUT2D eigenvalue weighted by molar-refractivity contribution is 0.165. The van der Waals surface area contributed by atoms with E-state index in [-0.39, 0.29) is 11.8 Å². The smallest absolute Gasteiger partial charge is 0.0729 e. The third-order valence-corrected chi connectivity index (χ3v) is 16.2. The monoisotopic (exact) mass is 754 g/mol. The fourth-order valence-corrected chi connectivity index (χ4v) is 14.3. The van der Waals surface area contributed by atoms with Gasteiger partial charge in [0.1, 0.15) is 0 Å². The van der Waals surface area contributed by atoms with Crippen molar-refractivity contribution < 1.29 is 0 Å². The van der Waals surface area contributed by atoms with E-state index in [0.717, 1.165) is 11.8 Å². The summed E-state index contributed by atoms with van der Waals surface area (Å²) in [5, 5.41) is 10.8. The van der Waals surface area contributed by atoms with E-state index in [1.807, 2.05) is 0 Å². The van der Waals surface area contributed by atoms with Crippen LogP contribution in [0, 0.1) is 11.8 Å². The second kappa shape index (κ2) is 10.4. The number of rotatable bonds is 1. The predicted molar refractivity (Wildman–Crippen MR) is 239 cm³/mol. The zero-order valence-electron chi connectivity index (χ0n) is 32.5. The number of aromatic nitrogens is 4. The Bertz CT molecular complexity index is 3650. The molecule has 0 amide bonds. The average Bonchev–Trinajstić information content (AvgIpc) is 3.88. The number of pyridine rings is 2. The van der Waals surface area contributed by atoms with E-state index in [1.54, 1.807) is 5.56 Å². The highest BCUT2D eigenvalue weighted by Crippen LogP contribution is 2.61. The molecule has 2 fully saturated rings. The predicted octanol–water partition coefficient (Wildman–Crippen LogP) is 13.3. The minimum Gasteiger partial charge on any atom is -0.309 e. The SMILES string of the molecule is c1ccc2c(c1)C1c3ccccc3C2c2c1ncc1c2c2c3c4ccccc4n(-c4cccc5ccccc45)c3cc3c4c5c(ncc4n1c32)C1CC2CC(C1)CC5C2. The molecule has 278 valence electrons. The fourth-order valence-electron chi connectivity index (χ4n) is 14.3. The minimum atomic E-state index is 0.109. The van der Waals surface area contributed by atoms with Crippen LogP contribution in [0.4, 0.5) is 0 Å². The van der Waals surface area contributed by atoms with E-state index >= 15 is 0 Å². The molecule has 18 rings (SSSR count). The molecule has 11 aromatic rings. The zero-order chi connectivity index (χ0) is 37.8. The first kappa shape index (κ1) is 30.5. The molecule has 0 saturated heterocycles. The first-order valence-corrected chi connectivity index (χ1v) is 21.9. The van der Waals surface area contributed by atoms with Gasteiger partial charge in [-0.2, -0.15) is 0 Å². The number of para-hydroxylation sites is 1. The van der Waals surface area contributed by atoms with Crippen LogP contribution < -0.4 is 0 Å². The van der Waals surface area contributed by atoms with Crippen LogP contribution in [0.15, 0.2) is 134 Å². The van der Waals surface area contributed by atoms with Crippen LogP contribution in [0.1, 0.15) is 101 Å². The Hall–Kier alpha value is -6.52. The maximum absolute atomic E-state index is 5.58. The molecule has 0 radical (unpaired) electrons. The van der Waals surface area contributed by atoms with Gasteiger partial charge in [-0.15, -0.1) is 0 Å². The van der Waals surface area contributed by atoms with Crippen LogP contribution in [0.5, 0.6) is 0 Å². The molecule has 5 heterocycles. The van der Waals surface area contributed by atoms with Crippen molar-refractivity contribution in [3.05, 3.63) is 178 Å². The Balaban J connectivity index is 1.15. The van der Waals surface area contributed by atoms with E-state index in [0.29, 0.717) is 11.8 Å². The molecular formula is C55H38N4. The lowest BCUT2D eigenvalue weighted by Gasteiger charge is -2.41. The van der Waals surface area contributed by atoms with E-state index in [9.17, 15) is 0 Å². The number of hydrogen-bond acceptors (Lipinski definition) is 2. The third kappa shape index (κ3) is 3.51. The summed E-state index contributed by atoms with van der Waals surface area (Å²) < 4.78 is 5.22. The number of hydrogen-bond donors (Lipinski definition) is 0. The van der Waals surface area contributed by atoms with E-state index in [2.05, 4.69) is 143 Å².